The lowest BCUT2D eigenvalue weighted by Gasteiger charge is -2.21. The molecular weight excluding hydrogens is 656 g/mol. The first-order valence-electron chi connectivity index (χ1n) is 15.5. The molecule has 2 aromatic heterocycles. The maximum Gasteiger partial charge on any atom is 0.326 e. The summed E-state index contributed by atoms with van der Waals surface area (Å²) in [4.78, 5) is 88.1. The van der Waals surface area contributed by atoms with Crippen LogP contribution in [-0.2, 0) is 25.7 Å². The molecule has 3 atom stereocenters. The Morgan fingerprint density at radius 2 is 1.66 bits per heavy atom. The summed E-state index contributed by atoms with van der Waals surface area (Å²) < 4.78 is 0. The summed E-state index contributed by atoms with van der Waals surface area (Å²) in [7, 11) is 0. The zero-order valence-corrected chi connectivity index (χ0v) is 27.1. The number of nitrogens with two attached hydrogens (primary N) is 2. The largest absolute Gasteiger partial charge is 0.481 e. The van der Waals surface area contributed by atoms with Gasteiger partial charge >= 0.3 is 11.9 Å². The Kier molecular flexibility index (Phi) is 13.9. The Balaban J connectivity index is 1.52. The normalized spacial score (nSPS) is 12.6. The Bertz CT molecular complexity index is 1760. The van der Waals surface area contributed by atoms with E-state index < -0.39 is 53.7 Å². The van der Waals surface area contributed by atoms with E-state index in [-0.39, 0.29) is 60.5 Å². The molecule has 3 aromatic rings. The molecule has 268 valence electrons. The molecule has 0 aliphatic rings. The number of anilines is 2. The van der Waals surface area contributed by atoms with Gasteiger partial charge in [0.1, 0.15) is 12.1 Å². The van der Waals surface area contributed by atoms with Gasteiger partial charge in [-0.1, -0.05) is 0 Å². The molecule has 3 rings (SSSR count). The third-order valence-corrected chi connectivity index (χ3v) is 7.19. The molecule has 0 bridgehead atoms. The van der Waals surface area contributed by atoms with Crippen LogP contribution in [0, 0.1) is 5.41 Å². The standard InChI is InChI=1S/C30H40N12O8/c1-15(3-2-12-34-29(31)32)37-26(47)19(9-11-22(44)45)39-21(43)10-8-20(28(49)50)40-25(46)16-4-6-17(7-5-16)35-13-18-14-36-24-23(38-18)27(48)42-30(33)41-24/h4-7,14-15,19-20,35H,2-3,8-13H2,1H3,(H,37,47)(H,39,43)(H,40,46)(H,44,45)(H,49,50)(H4,31,32,34)(H3,33,36,41,42,48)/t15-,19+,20+/m1/s1. The minimum absolute atomic E-state index is 0.0249. The molecule has 0 saturated carbocycles. The van der Waals surface area contributed by atoms with Crippen LogP contribution in [0.15, 0.2) is 35.3 Å². The van der Waals surface area contributed by atoms with Crippen molar-refractivity contribution < 1.29 is 34.2 Å². The first-order valence-corrected chi connectivity index (χ1v) is 15.5. The molecule has 0 spiro atoms. The fourth-order valence-electron chi connectivity index (χ4n) is 4.61. The van der Waals surface area contributed by atoms with Crippen LogP contribution >= 0.6 is 0 Å². The van der Waals surface area contributed by atoms with Crippen LogP contribution in [0.4, 0.5) is 11.6 Å². The van der Waals surface area contributed by atoms with E-state index in [4.69, 9.17) is 22.0 Å². The van der Waals surface area contributed by atoms with E-state index in [2.05, 4.69) is 46.5 Å². The number of carbonyl (C=O) groups excluding carboxylic acids is 3. The molecule has 0 saturated heterocycles. The predicted octanol–water partition coefficient (Wildman–Crippen LogP) is -1.01. The van der Waals surface area contributed by atoms with Crippen molar-refractivity contribution in [2.45, 2.75) is 70.1 Å². The van der Waals surface area contributed by atoms with Crippen molar-refractivity contribution >= 4 is 58.4 Å². The van der Waals surface area contributed by atoms with Crippen molar-refractivity contribution in [3.05, 3.63) is 52.1 Å². The number of guanidine groups is 1. The average Bonchev–Trinajstić information content (AvgIpc) is 3.05. The summed E-state index contributed by atoms with van der Waals surface area (Å²) in [6.45, 7) is 2.33. The zero-order valence-electron chi connectivity index (χ0n) is 27.1. The van der Waals surface area contributed by atoms with E-state index in [0.717, 1.165) is 0 Å². The Hall–Kier alpha value is -6.34. The summed E-state index contributed by atoms with van der Waals surface area (Å²) in [5.41, 5.74) is 11.5. The zero-order chi connectivity index (χ0) is 36.8. The Morgan fingerprint density at radius 1 is 0.960 bits per heavy atom. The van der Waals surface area contributed by atoms with Gasteiger partial charge in [0.05, 0.1) is 18.4 Å². The number of carboxylic acid groups (broad SMARTS) is 2. The quantitative estimate of drug-likeness (QED) is 0.0406. The highest BCUT2D eigenvalue weighted by molar-refractivity contribution is 5.97. The lowest BCUT2D eigenvalue weighted by Crippen LogP contribution is -2.49. The highest BCUT2D eigenvalue weighted by Gasteiger charge is 2.26. The molecular formula is C30H40N12O8. The highest BCUT2D eigenvalue weighted by atomic mass is 16.4. The maximum atomic E-state index is 12.8. The monoisotopic (exact) mass is 696 g/mol. The van der Waals surface area contributed by atoms with Gasteiger partial charge in [-0.3, -0.25) is 34.4 Å². The minimum atomic E-state index is -1.44. The summed E-state index contributed by atoms with van der Waals surface area (Å²) in [6.07, 6.45) is 1.25. The highest BCUT2D eigenvalue weighted by Crippen LogP contribution is 2.13. The third kappa shape index (κ3) is 12.4. The molecule has 20 nitrogen and oxygen atoms in total. The molecule has 2 heterocycles. The number of amides is 3. The number of aromatic nitrogens is 4. The van der Waals surface area contributed by atoms with Crippen LogP contribution < -0.4 is 43.6 Å². The fourth-order valence-corrected chi connectivity index (χ4v) is 4.61. The first-order chi connectivity index (χ1) is 23.7. The van der Waals surface area contributed by atoms with E-state index in [0.29, 0.717) is 30.8 Å². The second kappa shape index (κ2) is 18.3. The van der Waals surface area contributed by atoms with E-state index in [1.807, 2.05) is 0 Å². The summed E-state index contributed by atoms with van der Waals surface area (Å²) >= 11 is 0. The van der Waals surface area contributed by atoms with Crippen LogP contribution in [-0.4, -0.2) is 90.4 Å². The molecule has 3 amide bonds. The van der Waals surface area contributed by atoms with Crippen molar-refractivity contribution in [2.24, 2.45) is 5.73 Å². The van der Waals surface area contributed by atoms with E-state index in [9.17, 15) is 33.9 Å². The van der Waals surface area contributed by atoms with Crippen molar-refractivity contribution in [1.29, 1.82) is 5.41 Å². The lowest BCUT2D eigenvalue weighted by molar-refractivity contribution is -0.140. The number of carboxylic acids is 2. The van der Waals surface area contributed by atoms with Gasteiger partial charge in [0.15, 0.2) is 17.1 Å². The predicted molar refractivity (Wildman–Crippen MR) is 180 cm³/mol. The lowest BCUT2D eigenvalue weighted by atomic mass is 10.1. The molecule has 20 heteroatoms. The summed E-state index contributed by atoms with van der Waals surface area (Å²) in [6, 6.07) is 3.11. The number of nitrogen functional groups attached to an aromatic ring is 1. The molecule has 0 aliphatic carbocycles. The van der Waals surface area contributed by atoms with Crippen LogP contribution in [0.25, 0.3) is 11.2 Å². The SMILES string of the molecule is C[C@H](CCCNC(=N)N)NC(=O)[C@H](CCC(=O)O)NC(=O)CC[C@H](NC(=O)c1ccc(NCc2cnc3nc(N)[nH]c(=O)c3n2)cc1)C(=O)O. The number of benzene rings is 1. The van der Waals surface area contributed by atoms with Crippen molar-refractivity contribution in [3.63, 3.8) is 0 Å². The number of hydrogen-bond donors (Lipinski definition) is 11. The number of aromatic amines is 1. The number of carbonyl (C=O) groups is 5. The molecule has 13 N–H and O–H groups in total. The smallest absolute Gasteiger partial charge is 0.326 e. The minimum Gasteiger partial charge on any atom is -0.481 e. The topological polar surface area (TPSA) is 333 Å². The maximum absolute atomic E-state index is 12.8. The van der Waals surface area contributed by atoms with Crippen molar-refractivity contribution in [1.82, 2.24) is 41.2 Å². The molecule has 0 unspecified atom stereocenters. The van der Waals surface area contributed by atoms with Gasteiger partial charge in [-0.15, -0.1) is 0 Å². The molecule has 0 fully saturated rings. The van der Waals surface area contributed by atoms with Gasteiger partial charge in [-0.2, -0.15) is 4.98 Å². The number of H-pyrrole nitrogens is 1. The van der Waals surface area contributed by atoms with Crippen LogP contribution in [0.5, 0.6) is 0 Å². The summed E-state index contributed by atoms with van der Waals surface area (Å²) in [5.74, 6) is -4.82. The fraction of sp³-hybridized carbons (Fsp3) is 0.400. The number of nitrogens with one attached hydrogen (secondary N) is 7. The average molecular weight is 697 g/mol. The van der Waals surface area contributed by atoms with E-state index >= 15 is 0 Å². The van der Waals surface area contributed by atoms with Gasteiger partial charge < -0.3 is 48.3 Å². The van der Waals surface area contributed by atoms with Crippen molar-refractivity contribution in [3.8, 4) is 0 Å². The van der Waals surface area contributed by atoms with Gasteiger partial charge in [-0.05, 0) is 56.9 Å². The number of aliphatic carboxylic acids is 2. The van der Waals surface area contributed by atoms with Crippen LogP contribution in [0.3, 0.4) is 0 Å². The third-order valence-electron chi connectivity index (χ3n) is 7.19. The number of fused-ring (bicyclic) bond motifs is 1. The Labute approximate surface area is 284 Å². The van der Waals surface area contributed by atoms with E-state index in [1.165, 1.54) is 18.3 Å². The molecule has 0 radical (unpaired) electrons. The second-order valence-electron chi connectivity index (χ2n) is 11.3. The molecule has 0 aliphatic heterocycles. The first kappa shape index (κ1) is 38.1. The molecule has 50 heavy (non-hydrogen) atoms. The second-order valence-corrected chi connectivity index (χ2v) is 11.3. The van der Waals surface area contributed by atoms with Gasteiger partial charge in [0, 0.05) is 36.7 Å². The van der Waals surface area contributed by atoms with Crippen LogP contribution in [0.2, 0.25) is 0 Å². The summed E-state index contributed by atoms with van der Waals surface area (Å²) in [5, 5.41) is 39.2. The van der Waals surface area contributed by atoms with Gasteiger partial charge in [0.2, 0.25) is 17.8 Å². The van der Waals surface area contributed by atoms with Gasteiger partial charge in [0.25, 0.3) is 11.5 Å². The van der Waals surface area contributed by atoms with Crippen molar-refractivity contribution in [2.75, 3.05) is 17.6 Å². The Morgan fingerprint density at radius 3 is 2.32 bits per heavy atom. The van der Waals surface area contributed by atoms with Gasteiger partial charge in [-0.25, -0.2) is 14.8 Å². The van der Waals surface area contributed by atoms with E-state index in [1.54, 1.807) is 19.1 Å². The number of hydrogen-bond acceptors (Lipinski definition) is 12. The number of nitrogens with zero attached hydrogens (tertiary/aromatic N) is 3. The molecule has 1 aromatic carbocycles. The number of rotatable bonds is 19. The van der Waals surface area contributed by atoms with Crippen LogP contribution in [0.1, 0.15) is 61.5 Å².